The summed E-state index contributed by atoms with van der Waals surface area (Å²) in [7, 11) is 0. The zero-order valence-electron chi connectivity index (χ0n) is 11.3. The van der Waals surface area contributed by atoms with Gasteiger partial charge in [0.1, 0.15) is 0 Å². The predicted octanol–water partition coefficient (Wildman–Crippen LogP) is 4.02. The summed E-state index contributed by atoms with van der Waals surface area (Å²) < 4.78 is 1.85. The Balaban J connectivity index is 2.32. The minimum atomic E-state index is -0.625. The van der Waals surface area contributed by atoms with Gasteiger partial charge in [0.25, 0.3) is 0 Å². The number of pyridine rings is 1. The fourth-order valence-corrected chi connectivity index (χ4v) is 2.58. The van der Waals surface area contributed by atoms with Gasteiger partial charge in [0, 0.05) is 11.8 Å². The molecule has 3 aromatic rings. The minimum Gasteiger partial charge on any atom is -0.387 e. The molecule has 0 saturated carbocycles. The number of nitrogens with zero attached hydrogens (tertiary/aromatic N) is 2. The Bertz CT molecular complexity index is 760. The van der Waals surface area contributed by atoms with Crippen molar-refractivity contribution in [2.24, 2.45) is 0 Å². The van der Waals surface area contributed by atoms with E-state index >= 15 is 0 Å². The molecule has 1 aromatic carbocycles. The highest BCUT2D eigenvalue weighted by Gasteiger charge is 2.18. The molecule has 1 atom stereocenters. The lowest BCUT2D eigenvalue weighted by Crippen LogP contribution is -1.99. The number of aryl methyl sites for hydroxylation is 1. The van der Waals surface area contributed by atoms with E-state index in [2.05, 4.69) is 4.98 Å². The van der Waals surface area contributed by atoms with Crippen LogP contribution in [0.15, 0.2) is 42.6 Å². The van der Waals surface area contributed by atoms with E-state index in [4.69, 9.17) is 11.6 Å². The Morgan fingerprint density at radius 2 is 1.90 bits per heavy atom. The molecule has 3 nitrogen and oxygen atoms in total. The lowest BCUT2D eigenvalue weighted by Gasteiger charge is -2.08. The lowest BCUT2D eigenvalue weighted by atomic mass is 10.1. The van der Waals surface area contributed by atoms with Gasteiger partial charge < -0.3 is 5.11 Å². The SMILES string of the molecule is Cc1ccc(-c2nc3c(Cl)cccn3c2C(C)O)cc1. The van der Waals surface area contributed by atoms with Crippen LogP contribution in [0.3, 0.4) is 0 Å². The number of fused-ring (bicyclic) bond motifs is 1. The van der Waals surface area contributed by atoms with Crippen molar-refractivity contribution in [1.82, 2.24) is 9.38 Å². The molecule has 0 aliphatic heterocycles. The van der Waals surface area contributed by atoms with Crippen molar-refractivity contribution in [1.29, 1.82) is 0 Å². The molecule has 1 N–H and O–H groups in total. The van der Waals surface area contributed by atoms with Gasteiger partial charge in [-0.05, 0) is 26.0 Å². The van der Waals surface area contributed by atoms with Crippen LogP contribution in [0.25, 0.3) is 16.9 Å². The van der Waals surface area contributed by atoms with E-state index in [0.717, 1.165) is 17.0 Å². The first kappa shape index (κ1) is 13.2. The summed E-state index contributed by atoms with van der Waals surface area (Å²) in [6.07, 6.45) is 1.24. The monoisotopic (exact) mass is 286 g/mol. The summed E-state index contributed by atoms with van der Waals surface area (Å²) in [5.41, 5.74) is 4.36. The van der Waals surface area contributed by atoms with Gasteiger partial charge in [0.2, 0.25) is 0 Å². The normalized spacial score (nSPS) is 12.8. The number of aromatic nitrogens is 2. The first-order chi connectivity index (χ1) is 9.58. The van der Waals surface area contributed by atoms with Crippen LogP contribution >= 0.6 is 11.6 Å². The van der Waals surface area contributed by atoms with Crippen LogP contribution in [0, 0.1) is 6.92 Å². The molecule has 0 aliphatic carbocycles. The fraction of sp³-hybridized carbons (Fsp3) is 0.188. The summed E-state index contributed by atoms with van der Waals surface area (Å²) in [6, 6.07) is 11.7. The average molecular weight is 287 g/mol. The Labute approximate surface area is 122 Å². The molecule has 0 aliphatic rings. The maximum Gasteiger partial charge on any atom is 0.156 e. The van der Waals surface area contributed by atoms with Crippen molar-refractivity contribution in [3.8, 4) is 11.3 Å². The van der Waals surface area contributed by atoms with E-state index in [-0.39, 0.29) is 0 Å². The highest BCUT2D eigenvalue weighted by atomic mass is 35.5. The molecule has 20 heavy (non-hydrogen) atoms. The molecule has 0 radical (unpaired) electrons. The molecule has 102 valence electrons. The first-order valence-corrected chi connectivity index (χ1v) is 6.87. The number of benzene rings is 1. The van der Waals surface area contributed by atoms with Crippen molar-refractivity contribution in [2.45, 2.75) is 20.0 Å². The number of aliphatic hydroxyl groups is 1. The summed E-state index contributed by atoms with van der Waals surface area (Å²) in [5.74, 6) is 0. The van der Waals surface area contributed by atoms with E-state index in [1.807, 2.05) is 47.9 Å². The van der Waals surface area contributed by atoms with Crippen molar-refractivity contribution in [2.75, 3.05) is 0 Å². The number of hydrogen-bond donors (Lipinski definition) is 1. The Hall–Kier alpha value is -1.84. The molecule has 4 heteroatoms. The molecule has 0 saturated heterocycles. The second-order valence-corrected chi connectivity index (χ2v) is 5.34. The highest BCUT2D eigenvalue weighted by molar-refractivity contribution is 6.33. The van der Waals surface area contributed by atoms with Gasteiger partial charge in [0.15, 0.2) is 5.65 Å². The topological polar surface area (TPSA) is 37.5 Å². The minimum absolute atomic E-state index is 0.577. The van der Waals surface area contributed by atoms with E-state index in [1.165, 1.54) is 5.56 Å². The van der Waals surface area contributed by atoms with Gasteiger partial charge >= 0.3 is 0 Å². The second kappa shape index (κ2) is 4.93. The third kappa shape index (κ3) is 2.09. The van der Waals surface area contributed by atoms with Crippen molar-refractivity contribution in [3.05, 3.63) is 58.9 Å². The standard InChI is InChI=1S/C16H15ClN2O/c1-10-5-7-12(8-6-10)14-15(11(2)20)19-9-3-4-13(17)16(19)18-14/h3-9,11,20H,1-2H3. The number of halogens is 1. The van der Waals surface area contributed by atoms with Crippen LogP contribution in [0.1, 0.15) is 24.3 Å². The van der Waals surface area contributed by atoms with Gasteiger partial charge in [-0.3, -0.25) is 4.40 Å². The van der Waals surface area contributed by atoms with Crippen LogP contribution < -0.4 is 0 Å². The lowest BCUT2D eigenvalue weighted by molar-refractivity contribution is 0.194. The molecule has 0 fully saturated rings. The average Bonchev–Trinajstić information content (AvgIpc) is 2.80. The largest absolute Gasteiger partial charge is 0.387 e. The molecule has 1 unspecified atom stereocenters. The molecular formula is C16H15ClN2O. The van der Waals surface area contributed by atoms with E-state index < -0.39 is 6.10 Å². The number of hydrogen-bond acceptors (Lipinski definition) is 2. The van der Waals surface area contributed by atoms with Gasteiger partial charge in [0.05, 0.1) is 22.5 Å². The molecule has 0 amide bonds. The van der Waals surface area contributed by atoms with Crippen LogP contribution in [0.4, 0.5) is 0 Å². The molecule has 0 bridgehead atoms. The van der Waals surface area contributed by atoms with Crippen molar-refractivity contribution in [3.63, 3.8) is 0 Å². The number of aliphatic hydroxyl groups excluding tert-OH is 1. The summed E-state index contributed by atoms with van der Waals surface area (Å²) in [6.45, 7) is 3.78. The quantitative estimate of drug-likeness (QED) is 0.773. The predicted molar refractivity (Wildman–Crippen MR) is 81.0 cm³/mol. The Kier molecular flexibility index (Phi) is 3.24. The first-order valence-electron chi connectivity index (χ1n) is 6.49. The third-order valence-corrected chi connectivity index (χ3v) is 3.66. The third-order valence-electron chi connectivity index (χ3n) is 3.36. The van der Waals surface area contributed by atoms with E-state index in [0.29, 0.717) is 10.7 Å². The zero-order valence-corrected chi connectivity index (χ0v) is 12.1. The van der Waals surface area contributed by atoms with Crippen LogP contribution in [0.2, 0.25) is 5.02 Å². The van der Waals surface area contributed by atoms with Crippen LogP contribution in [-0.4, -0.2) is 14.5 Å². The summed E-state index contributed by atoms with van der Waals surface area (Å²) >= 11 is 6.19. The van der Waals surface area contributed by atoms with Gasteiger partial charge in [-0.1, -0.05) is 41.4 Å². The van der Waals surface area contributed by atoms with Crippen molar-refractivity contribution >= 4 is 17.2 Å². The van der Waals surface area contributed by atoms with E-state index in [1.54, 1.807) is 13.0 Å². The number of imidazole rings is 1. The maximum atomic E-state index is 10.1. The molecular weight excluding hydrogens is 272 g/mol. The summed E-state index contributed by atoms with van der Waals surface area (Å²) in [5, 5.41) is 10.7. The number of rotatable bonds is 2. The van der Waals surface area contributed by atoms with E-state index in [9.17, 15) is 5.11 Å². The molecule has 3 rings (SSSR count). The van der Waals surface area contributed by atoms with Gasteiger partial charge in [-0.25, -0.2) is 4.98 Å². The van der Waals surface area contributed by atoms with Crippen molar-refractivity contribution < 1.29 is 5.11 Å². The Morgan fingerprint density at radius 1 is 1.20 bits per heavy atom. The van der Waals surface area contributed by atoms with Gasteiger partial charge in [-0.2, -0.15) is 0 Å². The molecule has 2 aromatic heterocycles. The maximum absolute atomic E-state index is 10.1. The van der Waals surface area contributed by atoms with Gasteiger partial charge in [-0.15, -0.1) is 0 Å². The zero-order chi connectivity index (χ0) is 14.3. The summed E-state index contributed by atoms with van der Waals surface area (Å²) in [4.78, 5) is 4.60. The van der Waals surface area contributed by atoms with Crippen LogP contribution in [0.5, 0.6) is 0 Å². The van der Waals surface area contributed by atoms with Crippen LogP contribution in [-0.2, 0) is 0 Å². The second-order valence-electron chi connectivity index (χ2n) is 4.94. The highest BCUT2D eigenvalue weighted by Crippen LogP contribution is 2.31. The molecule has 2 heterocycles. The molecule has 0 spiro atoms. The fourth-order valence-electron chi connectivity index (χ4n) is 2.38. The Morgan fingerprint density at radius 3 is 2.55 bits per heavy atom. The smallest absolute Gasteiger partial charge is 0.156 e.